The number of hydrogen-bond acceptors (Lipinski definition) is 1. The van der Waals surface area contributed by atoms with E-state index in [-0.39, 0.29) is 10.8 Å². The largest absolute Gasteiger partial charge is 0.330 e. The molecule has 0 heterocycles. The second-order valence-corrected chi connectivity index (χ2v) is 6.21. The Kier molecular flexibility index (Phi) is 5.58. The molecule has 0 bridgehead atoms. The Bertz CT molecular complexity index is 571. The second kappa shape index (κ2) is 7.21. The lowest BCUT2D eigenvalue weighted by molar-refractivity contribution is 0.532. The molecule has 2 aromatic rings. The van der Waals surface area contributed by atoms with Crippen molar-refractivity contribution in [1.29, 1.82) is 0 Å². The van der Waals surface area contributed by atoms with Gasteiger partial charge in [-0.15, -0.1) is 0 Å². The highest BCUT2D eigenvalue weighted by Gasteiger charge is 2.10. The fraction of sp³-hybridized carbons (Fsp3) is 0.250. The van der Waals surface area contributed by atoms with Gasteiger partial charge >= 0.3 is 0 Å². The summed E-state index contributed by atoms with van der Waals surface area (Å²) in [6.07, 6.45) is 1.70. The van der Waals surface area contributed by atoms with Crippen LogP contribution in [0.15, 0.2) is 46.9 Å². The Morgan fingerprint density at radius 1 is 1.05 bits per heavy atom. The summed E-state index contributed by atoms with van der Waals surface area (Å²) in [6.45, 7) is 0.588. The van der Waals surface area contributed by atoms with Crippen LogP contribution in [0.5, 0.6) is 0 Å². The fourth-order valence-electron chi connectivity index (χ4n) is 2.19. The van der Waals surface area contributed by atoms with Crippen LogP contribution in [-0.2, 0) is 12.8 Å². The third-order valence-corrected chi connectivity index (χ3v) is 4.10. The summed E-state index contributed by atoms with van der Waals surface area (Å²) >= 11 is 9.23. The zero-order chi connectivity index (χ0) is 14.5. The van der Waals surface area contributed by atoms with Crippen LogP contribution in [0.1, 0.15) is 11.1 Å². The van der Waals surface area contributed by atoms with Crippen LogP contribution in [0.3, 0.4) is 0 Å². The summed E-state index contributed by atoms with van der Waals surface area (Å²) in [6, 6.07) is 13.1. The molecule has 106 valence electrons. The number of benzene rings is 2. The highest BCUT2D eigenvalue weighted by molar-refractivity contribution is 9.10. The lowest BCUT2D eigenvalue weighted by Crippen LogP contribution is -2.19. The number of halogens is 3. The van der Waals surface area contributed by atoms with Crippen molar-refractivity contribution in [3.8, 4) is 0 Å². The first-order valence-corrected chi connectivity index (χ1v) is 7.64. The van der Waals surface area contributed by atoms with Gasteiger partial charge in [-0.25, -0.2) is 4.39 Å². The van der Waals surface area contributed by atoms with E-state index in [1.807, 2.05) is 12.1 Å². The third-order valence-electron chi connectivity index (χ3n) is 3.28. The van der Waals surface area contributed by atoms with Crippen molar-refractivity contribution in [2.45, 2.75) is 12.8 Å². The number of rotatable bonds is 5. The zero-order valence-corrected chi connectivity index (χ0v) is 13.3. The van der Waals surface area contributed by atoms with Crippen LogP contribution in [-0.4, -0.2) is 6.54 Å². The van der Waals surface area contributed by atoms with Crippen molar-refractivity contribution in [3.63, 3.8) is 0 Å². The molecule has 2 N–H and O–H groups in total. The molecule has 2 aromatic carbocycles. The van der Waals surface area contributed by atoms with Gasteiger partial charge in [-0.2, -0.15) is 0 Å². The molecule has 0 saturated heterocycles. The maximum absolute atomic E-state index is 13.1. The van der Waals surface area contributed by atoms with Gasteiger partial charge in [0.2, 0.25) is 0 Å². The topological polar surface area (TPSA) is 26.0 Å². The van der Waals surface area contributed by atoms with Crippen LogP contribution >= 0.6 is 27.5 Å². The van der Waals surface area contributed by atoms with Gasteiger partial charge in [0.05, 0.1) is 5.02 Å². The average molecular weight is 357 g/mol. The molecule has 0 saturated carbocycles. The van der Waals surface area contributed by atoms with Crippen molar-refractivity contribution in [3.05, 3.63) is 68.9 Å². The molecule has 0 aliphatic carbocycles. The Hall–Kier alpha value is -0.900. The van der Waals surface area contributed by atoms with Crippen LogP contribution in [0.4, 0.5) is 4.39 Å². The molecule has 1 nitrogen and oxygen atoms in total. The zero-order valence-electron chi connectivity index (χ0n) is 11.0. The van der Waals surface area contributed by atoms with Gasteiger partial charge in [-0.1, -0.05) is 45.7 Å². The van der Waals surface area contributed by atoms with E-state index in [4.69, 9.17) is 17.3 Å². The molecule has 2 rings (SSSR count). The van der Waals surface area contributed by atoms with Crippen molar-refractivity contribution in [2.24, 2.45) is 11.7 Å². The molecule has 1 unspecified atom stereocenters. The Balaban J connectivity index is 2.04. The predicted octanol–water partition coefficient (Wildman–Crippen LogP) is 4.60. The van der Waals surface area contributed by atoms with E-state index in [0.29, 0.717) is 12.5 Å². The monoisotopic (exact) mass is 355 g/mol. The number of nitrogens with two attached hydrogens (primary N) is 1. The SMILES string of the molecule is NCC(Cc1ccc(Br)cc1)Cc1ccc(F)c(Cl)c1. The van der Waals surface area contributed by atoms with Gasteiger partial charge in [0.15, 0.2) is 0 Å². The molecule has 20 heavy (non-hydrogen) atoms. The molecular weight excluding hydrogens is 341 g/mol. The first kappa shape index (κ1) is 15.5. The normalized spacial score (nSPS) is 12.4. The van der Waals surface area contributed by atoms with Gasteiger partial charge in [-0.05, 0) is 60.7 Å². The maximum Gasteiger partial charge on any atom is 0.141 e. The van der Waals surface area contributed by atoms with Crippen LogP contribution in [0.25, 0.3) is 0 Å². The molecule has 0 aromatic heterocycles. The average Bonchev–Trinajstić information content (AvgIpc) is 2.44. The van der Waals surface area contributed by atoms with Gasteiger partial charge in [0.1, 0.15) is 5.82 Å². The Morgan fingerprint density at radius 3 is 2.25 bits per heavy atom. The fourth-order valence-corrected chi connectivity index (χ4v) is 2.66. The molecule has 4 heteroatoms. The third kappa shape index (κ3) is 4.30. The van der Waals surface area contributed by atoms with E-state index in [1.165, 1.54) is 11.6 Å². The van der Waals surface area contributed by atoms with E-state index in [1.54, 1.807) is 12.1 Å². The summed E-state index contributed by atoms with van der Waals surface area (Å²) in [7, 11) is 0. The van der Waals surface area contributed by atoms with E-state index in [2.05, 4.69) is 28.1 Å². The minimum atomic E-state index is -0.382. The minimum Gasteiger partial charge on any atom is -0.330 e. The molecule has 0 spiro atoms. The summed E-state index contributed by atoms with van der Waals surface area (Å²) in [5, 5.41) is 0.168. The number of hydrogen-bond donors (Lipinski definition) is 1. The highest BCUT2D eigenvalue weighted by Crippen LogP contribution is 2.20. The summed E-state index contributed by atoms with van der Waals surface area (Å²) in [4.78, 5) is 0. The molecule has 0 amide bonds. The minimum absolute atomic E-state index is 0.168. The summed E-state index contributed by atoms with van der Waals surface area (Å²) < 4.78 is 14.2. The molecule has 0 radical (unpaired) electrons. The van der Waals surface area contributed by atoms with Crippen LogP contribution < -0.4 is 5.73 Å². The molecule has 1 atom stereocenters. The van der Waals surface area contributed by atoms with Crippen molar-refractivity contribution in [1.82, 2.24) is 0 Å². The smallest absolute Gasteiger partial charge is 0.141 e. The van der Waals surface area contributed by atoms with E-state index < -0.39 is 0 Å². The van der Waals surface area contributed by atoms with Crippen molar-refractivity contribution >= 4 is 27.5 Å². The van der Waals surface area contributed by atoms with E-state index in [0.717, 1.165) is 22.9 Å². The Labute approximate surface area is 132 Å². The molecule has 0 aliphatic heterocycles. The molecular formula is C16H16BrClFN. The Morgan fingerprint density at radius 2 is 1.65 bits per heavy atom. The molecule has 0 fully saturated rings. The van der Waals surface area contributed by atoms with Gasteiger partial charge in [0.25, 0.3) is 0 Å². The highest BCUT2D eigenvalue weighted by atomic mass is 79.9. The second-order valence-electron chi connectivity index (χ2n) is 4.88. The van der Waals surface area contributed by atoms with Gasteiger partial charge in [-0.3, -0.25) is 0 Å². The lowest BCUT2D eigenvalue weighted by atomic mass is 9.93. The predicted molar refractivity (Wildman–Crippen MR) is 85.5 cm³/mol. The van der Waals surface area contributed by atoms with Crippen molar-refractivity contribution < 1.29 is 4.39 Å². The van der Waals surface area contributed by atoms with E-state index in [9.17, 15) is 4.39 Å². The maximum atomic E-state index is 13.1. The lowest BCUT2D eigenvalue weighted by Gasteiger charge is -2.15. The first-order chi connectivity index (χ1) is 9.58. The summed E-state index contributed by atoms with van der Waals surface area (Å²) in [5.74, 6) is -0.0645. The summed E-state index contributed by atoms with van der Waals surface area (Å²) in [5.41, 5.74) is 8.11. The van der Waals surface area contributed by atoms with E-state index >= 15 is 0 Å². The van der Waals surface area contributed by atoms with Crippen molar-refractivity contribution in [2.75, 3.05) is 6.54 Å². The van der Waals surface area contributed by atoms with Crippen LogP contribution in [0.2, 0.25) is 5.02 Å². The van der Waals surface area contributed by atoms with Gasteiger partial charge < -0.3 is 5.73 Å². The first-order valence-electron chi connectivity index (χ1n) is 6.47. The quantitative estimate of drug-likeness (QED) is 0.832. The van der Waals surface area contributed by atoms with Gasteiger partial charge in [0, 0.05) is 4.47 Å². The standard InChI is InChI=1S/C16H16BrClFN/c17-14-4-1-11(2-5-14)7-13(10-20)8-12-3-6-16(19)15(18)9-12/h1-6,9,13H,7-8,10,20H2. The molecule has 0 aliphatic rings. The van der Waals surface area contributed by atoms with Crippen LogP contribution in [0, 0.1) is 11.7 Å².